The number of benzene rings is 1. The Morgan fingerprint density at radius 1 is 1.38 bits per heavy atom. The Labute approximate surface area is 159 Å². The van der Waals surface area contributed by atoms with E-state index in [9.17, 15) is 14.0 Å². The average molecular weight is 379 g/mol. The van der Waals surface area contributed by atoms with E-state index in [1.165, 1.54) is 6.07 Å². The van der Waals surface area contributed by atoms with E-state index < -0.39 is 11.5 Å². The molecule has 26 heavy (non-hydrogen) atoms. The second-order valence-corrected chi connectivity index (χ2v) is 8.17. The van der Waals surface area contributed by atoms with Gasteiger partial charge in [-0.15, -0.1) is 11.8 Å². The van der Waals surface area contributed by atoms with Gasteiger partial charge in [-0.3, -0.25) is 9.59 Å². The predicted molar refractivity (Wildman–Crippen MR) is 104 cm³/mol. The third-order valence-corrected chi connectivity index (χ3v) is 5.61. The minimum atomic E-state index is -0.542. The first kappa shape index (κ1) is 20.5. The summed E-state index contributed by atoms with van der Waals surface area (Å²) in [6.07, 6.45) is 2.66. The van der Waals surface area contributed by atoms with Crippen LogP contribution in [0.5, 0.6) is 0 Å². The summed E-state index contributed by atoms with van der Waals surface area (Å²) in [5.74, 6) is 0.544. The number of amides is 2. The van der Waals surface area contributed by atoms with Crippen LogP contribution in [0.15, 0.2) is 35.9 Å². The van der Waals surface area contributed by atoms with Crippen LogP contribution in [-0.4, -0.2) is 40.9 Å². The Morgan fingerprint density at radius 3 is 2.73 bits per heavy atom. The number of halogens is 1. The van der Waals surface area contributed by atoms with E-state index in [1.807, 2.05) is 26.8 Å². The van der Waals surface area contributed by atoms with Gasteiger partial charge in [0, 0.05) is 23.3 Å². The zero-order chi connectivity index (χ0) is 19.3. The quantitative estimate of drug-likeness (QED) is 0.771. The summed E-state index contributed by atoms with van der Waals surface area (Å²) in [6, 6.07) is 6.12. The highest BCUT2D eigenvalue weighted by atomic mass is 32.2. The Hall–Kier alpha value is -1.82. The highest BCUT2D eigenvalue weighted by Crippen LogP contribution is 2.26. The van der Waals surface area contributed by atoms with Crippen LogP contribution in [0.25, 0.3) is 0 Å². The van der Waals surface area contributed by atoms with Crippen molar-refractivity contribution in [1.82, 2.24) is 10.2 Å². The van der Waals surface area contributed by atoms with Crippen molar-refractivity contribution in [1.29, 1.82) is 0 Å². The standard InChI is InChI=1S/C20H27FN2O2S/c1-5-8-14(2)19(25)23-13-26-11-17(23)18(24)22-12-20(3,4)15-9-6-7-10-16(15)21/h6-10,17H,5,11-13H2,1-4H3,(H,22,24)/b14-8-. The van der Waals surface area contributed by atoms with Gasteiger partial charge in [0.15, 0.2) is 0 Å². The minimum Gasteiger partial charge on any atom is -0.353 e. The molecule has 0 aromatic heterocycles. The van der Waals surface area contributed by atoms with Gasteiger partial charge >= 0.3 is 0 Å². The Kier molecular flexibility index (Phi) is 6.87. The molecule has 0 saturated carbocycles. The normalized spacial score (nSPS) is 18.1. The Bertz CT molecular complexity index is 703. The van der Waals surface area contributed by atoms with Crippen molar-refractivity contribution < 1.29 is 14.0 Å². The summed E-state index contributed by atoms with van der Waals surface area (Å²) in [4.78, 5) is 26.8. The summed E-state index contributed by atoms with van der Waals surface area (Å²) < 4.78 is 14.1. The van der Waals surface area contributed by atoms with Crippen LogP contribution in [0.3, 0.4) is 0 Å². The Morgan fingerprint density at radius 2 is 2.08 bits per heavy atom. The largest absolute Gasteiger partial charge is 0.353 e. The molecule has 1 N–H and O–H groups in total. The van der Waals surface area contributed by atoms with Gasteiger partial charge in [0.1, 0.15) is 11.9 Å². The van der Waals surface area contributed by atoms with E-state index >= 15 is 0 Å². The smallest absolute Gasteiger partial charge is 0.250 e. The van der Waals surface area contributed by atoms with Gasteiger partial charge in [-0.2, -0.15) is 0 Å². The van der Waals surface area contributed by atoms with Crippen molar-refractivity contribution in [2.24, 2.45) is 0 Å². The monoisotopic (exact) mass is 378 g/mol. The van der Waals surface area contributed by atoms with Gasteiger partial charge in [0.2, 0.25) is 5.91 Å². The third-order valence-electron chi connectivity index (χ3n) is 4.60. The lowest BCUT2D eigenvalue weighted by atomic mass is 9.84. The Balaban J connectivity index is 2.04. The van der Waals surface area contributed by atoms with E-state index in [4.69, 9.17) is 0 Å². The molecule has 2 rings (SSSR count). The number of carbonyl (C=O) groups is 2. The van der Waals surface area contributed by atoms with E-state index in [1.54, 1.807) is 41.8 Å². The van der Waals surface area contributed by atoms with Crippen LogP contribution >= 0.6 is 11.8 Å². The third kappa shape index (κ3) is 4.67. The summed E-state index contributed by atoms with van der Waals surface area (Å²) >= 11 is 1.57. The van der Waals surface area contributed by atoms with Crippen LogP contribution in [0, 0.1) is 5.82 Å². The van der Waals surface area contributed by atoms with Gasteiger partial charge in [-0.25, -0.2) is 4.39 Å². The zero-order valence-electron chi connectivity index (χ0n) is 15.8. The van der Waals surface area contributed by atoms with Crippen molar-refractivity contribution in [2.45, 2.75) is 45.6 Å². The molecule has 1 unspecified atom stereocenters. The van der Waals surface area contributed by atoms with Crippen LogP contribution < -0.4 is 5.32 Å². The first-order chi connectivity index (χ1) is 12.3. The average Bonchev–Trinajstić information content (AvgIpc) is 3.09. The zero-order valence-corrected chi connectivity index (χ0v) is 16.7. The lowest BCUT2D eigenvalue weighted by molar-refractivity contribution is -0.135. The number of allylic oxidation sites excluding steroid dienone is 1. The van der Waals surface area contributed by atoms with E-state index in [2.05, 4.69) is 5.32 Å². The molecule has 0 radical (unpaired) electrons. The van der Waals surface area contributed by atoms with Crippen LogP contribution in [-0.2, 0) is 15.0 Å². The topological polar surface area (TPSA) is 49.4 Å². The maximum Gasteiger partial charge on any atom is 0.250 e. The predicted octanol–water partition coefficient (Wildman–Crippen LogP) is 3.48. The minimum absolute atomic E-state index is 0.0923. The van der Waals surface area contributed by atoms with Crippen molar-refractivity contribution in [3.8, 4) is 0 Å². The van der Waals surface area contributed by atoms with E-state index in [0.717, 1.165) is 6.42 Å². The molecule has 6 heteroatoms. The number of nitrogens with one attached hydrogen (secondary N) is 1. The number of nitrogens with zero attached hydrogens (tertiary/aromatic N) is 1. The number of carbonyl (C=O) groups excluding carboxylic acids is 2. The molecule has 1 atom stereocenters. The van der Waals surface area contributed by atoms with Gasteiger partial charge < -0.3 is 10.2 Å². The summed E-state index contributed by atoms with van der Waals surface area (Å²) in [5, 5.41) is 2.91. The SMILES string of the molecule is CC/C=C(/C)C(=O)N1CSCC1C(=O)NCC(C)(C)c1ccccc1F. The fourth-order valence-corrected chi connectivity index (χ4v) is 4.17. The highest BCUT2D eigenvalue weighted by molar-refractivity contribution is 7.99. The molecular formula is C20H27FN2O2S. The van der Waals surface area contributed by atoms with Gasteiger partial charge in [-0.05, 0) is 25.0 Å². The number of hydrogen-bond donors (Lipinski definition) is 1. The molecule has 1 aromatic carbocycles. The molecule has 0 bridgehead atoms. The maximum atomic E-state index is 14.1. The second kappa shape index (κ2) is 8.71. The molecule has 1 aromatic rings. The first-order valence-corrected chi connectivity index (χ1v) is 10.0. The summed E-state index contributed by atoms with van der Waals surface area (Å²) in [5.41, 5.74) is 0.690. The van der Waals surface area contributed by atoms with E-state index in [-0.39, 0.29) is 17.6 Å². The van der Waals surface area contributed by atoms with Crippen molar-refractivity contribution >= 4 is 23.6 Å². The van der Waals surface area contributed by atoms with Crippen molar-refractivity contribution in [2.75, 3.05) is 18.2 Å². The number of hydrogen-bond acceptors (Lipinski definition) is 3. The van der Waals surface area contributed by atoms with Crippen LogP contribution in [0.2, 0.25) is 0 Å². The molecule has 0 aliphatic carbocycles. The molecule has 0 spiro atoms. The van der Waals surface area contributed by atoms with Gasteiger partial charge in [-0.1, -0.05) is 45.0 Å². The highest BCUT2D eigenvalue weighted by Gasteiger charge is 2.36. The van der Waals surface area contributed by atoms with Crippen LogP contribution in [0.1, 0.15) is 39.7 Å². The lowest BCUT2D eigenvalue weighted by Gasteiger charge is -2.28. The molecule has 1 heterocycles. The molecule has 1 saturated heterocycles. The van der Waals surface area contributed by atoms with Gasteiger partial charge in [0.25, 0.3) is 5.91 Å². The second-order valence-electron chi connectivity index (χ2n) is 7.17. The van der Waals surface area contributed by atoms with Crippen molar-refractivity contribution in [3.63, 3.8) is 0 Å². The van der Waals surface area contributed by atoms with Gasteiger partial charge in [0.05, 0.1) is 5.88 Å². The fourth-order valence-electron chi connectivity index (χ4n) is 3.01. The molecule has 142 valence electrons. The maximum absolute atomic E-state index is 14.1. The molecule has 1 aliphatic rings. The molecule has 4 nitrogen and oxygen atoms in total. The van der Waals surface area contributed by atoms with Crippen molar-refractivity contribution in [3.05, 3.63) is 47.3 Å². The van der Waals surface area contributed by atoms with E-state index in [0.29, 0.717) is 29.3 Å². The van der Waals surface area contributed by atoms with Crippen LogP contribution in [0.4, 0.5) is 4.39 Å². The first-order valence-electron chi connectivity index (χ1n) is 8.86. The summed E-state index contributed by atoms with van der Waals surface area (Å²) in [7, 11) is 0. The number of rotatable bonds is 6. The lowest BCUT2D eigenvalue weighted by Crippen LogP contribution is -2.49. The molecule has 2 amide bonds. The summed E-state index contributed by atoms with van der Waals surface area (Å²) in [6.45, 7) is 7.85. The molecule has 1 fully saturated rings. The molecular weight excluding hydrogens is 351 g/mol. The fraction of sp³-hybridized carbons (Fsp3) is 0.500. The molecule has 1 aliphatic heterocycles. The number of thioether (sulfide) groups is 1.